The Morgan fingerprint density at radius 2 is 2.00 bits per heavy atom. The van der Waals surface area contributed by atoms with E-state index in [2.05, 4.69) is 36.2 Å². The van der Waals surface area contributed by atoms with Gasteiger partial charge >= 0.3 is 0 Å². The first-order valence-corrected chi connectivity index (χ1v) is 7.09. The van der Waals surface area contributed by atoms with E-state index in [9.17, 15) is 0 Å². The summed E-state index contributed by atoms with van der Waals surface area (Å²) in [7, 11) is 0. The van der Waals surface area contributed by atoms with Crippen LogP contribution in [-0.4, -0.2) is 10.2 Å². The second kappa shape index (κ2) is 6.16. The van der Waals surface area contributed by atoms with Gasteiger partial charge in [0.2, 0.25) is 4.47 Å². The van der Waals surface area contributed by atoms with Gasteiger partial charge in [0, 0.05) is 0 Å². The van der Waals surface area contributed by atoms with Crippen molar-refractivity contribution in [1.29, 1.82) is 0 Å². The number of rotatable bonds is 5. The Bertz CT molecular complexity index is 498. The molecule has 18 heavy (non-hydrogen) atoms. The van der Waals surface area contributed by atoms with Crippen LogP contribution >= 0.6 is 22.9 Å². The Kier molecular flexibility index (Phi) is 4.55. The summed E-state index contributed by atoms with van der Waals surface area (Å²) in [5, 5.41) is 8.42. The Morgan fingerprint density at radius 3 is 2.56 bits per heavy atom. The van der Waals surface area contributed by atoms with Gasteiger partial charge in [0.25, 0.3) is 0 Å². The SMILES string of the molecule is CCC(C)c1ccc(OCc2nnc(Cl)s2)cc1. The van der Waals surface area contributed by atoms with Crippen molar-refractivity contribution in [3.05, 3.63) is 39.3 Å². The van der Waals surface area contributed by atoms with Crippen LogP contribution in [0.3, 0.4) is 0 Å². The van der Waals surface area contributed by atoms with Crippen molar-refractivity contribution in [2.24, 2.45) is 0 Å². The summed E-state index contributed by atoms with van der Waals surface area (Å²) in [6.07, 6.45) is 1.14. The van der Waals surface area contributed by atoms with E-state index in [-0.39, 0.29) is 0 Å². The number of nitrogens with zero attached hydrogens (tertiary/aromatic N) is 2. The van der Waals surface area contributed by atoms with Gasteiger partial charge in [0.05, 0.1) is 0 Å². The molecule has 0 saturated carbocycles. The van der Waals surface area contributed by atoms with Gasteiger partial charge in [-0.1, -0.05) is 37.3 Å². The van der Waals surface area contributed by atoms with Gasteiger partial charge in [-0.05, 0) is 41.6 Å². The molecule has 1 unspecified atom stereocenters. The maximum Gasteiger partial charge on any atom is 0.207 e. The van der Waals surface area contributed by atoms with Gasteiger partial charge in [-0.3, -0.25) is 0 Å². The Hall–Kier alpha value is -1.13. The van der Waals surface area contributed by atoms with E-state index >= 15 is 0 Å². The van der Waals surface area contributed by atoms with Gasteiger partial charge < -0.3 is 4.74 Å². The average molecular weight is 283 g/mol. The molecule has 0 aliphatic carbocycles. The zero-order chi connectivity index (χ0) is 13.0. The fourth-order valence-corrected chi connectivity index (χ4v) is 2.35. The number of halogens is 1. The molecule has 0 amide bonds. The van der Waals surface area contributed by atoms with Gasteiger partial charge in [0.1, 0.15) is 12.4 Å². The molecule has 1 aromatic heterocycles. The predicted octanol–water partition coefficient (Wildman–Crippen LogP) is 4.28. The van der Waals surface area contributed by atoms with Crippen molar-refractivity contribution in [3.63, 3.8) is 0 Å². The Morgan fingerprint density at radius 1 is 1.28 bits per heavy atom. The van der Waals surface area contributed by atoms with Crippen LogP contribution in [0.25, 0.3) is 0 Å². The fourth-order valence-electron chi connectivity index (χ4n) is 1.56. The van der Waals surface area contributed by atoms with Crippen molar-refractivity contribution >= 4 is 22.9 Å². The fraction of sp³-hybridized carbons (Fsp3) is 0.385. The molecule has 0 N–H and O–H groups in total. The summed E-state index contributed by atoms with van der Waals surface area (Å²) < 4.78 is 6.07. The summed E-state index contributed by atoms with van der Waals surface area (Å²) in [6, 6.07) is 8.20. The lowest BCUT2D eigenvalue weighted by molar-refractivity contribution is 0.304. The Labute approximate surface area is 116 Å². The largest absolute Gasteiger partial charge is 0.486 e. The molecule has 0 aliphatic heterocycles. The first-order valence-electron chi connectivity index (χ1n) is 5.89. The van der Waals surface area contributed by atoms with Crippen molar-refractivity contribution in [3.8, 4) is 5.75 Å². The smallest absolute Gasteiger partial charge is 0.207 e. The highest BCUT2D eigenvalue weighted by molar-refractivity contribution is 7.15. The average Bonchev–Trinajstić information content (AvgIpc) is 2.82. The highest BCUT2D eigenvalue weighted by atomic mass is 35.5. The molecular weight excluding hydrogens is 268 g/mol. The van der Waals surface area contributed by atoms with E-state index in [0.29, 0.717) is 17.0 Å². The van der Waals surface area contributed by atoms with Gasteiger partial charge in [0.15, 0.2) is 5.01 Å². The molecule has 0 aliphatic rings. The lowest BCUT2D eigenvalue weighted by Gasteiger charge is -2.10. The molecule has 0 saturated heterocycles. The van der Waals surface area contributed by atoms with Crippen molar-refractivity contribution in [1.82, 2.24) is 10.2 Å². The quantitative estimate of drug-likeness (QED) is 0.821. The number of hydrogen-bond donors (Lipinski definition) is 0. The summed E-state index contributed by atoms with van der Waals surface area (Å²) in [5.41, 5.74) is 1.34. The number of hydrogen-bond acceptors (Lipinski definition) is 4. The van der Waals surface area contributed by atoms with E-state index < -0.39 is 0 Å². The van der Waals surface area contributed by atoms with E-state index in [4.69, 9.17) is 16.3 Å². The highest BCUT2D eigenvalue weighted by Crippen LogP contribution is 2.22. The number of benzene rings is 1. The maximum absolute atomic E-state index is 5.70. The third-order valence-corrected chi connectivity index (χ3v) is 3.86. The first-order chi connectivity index (χ1) is 8.69. The minimum atomic E-state index is 0.410. The highest BCUT2D eigenvalue weighted by Gasteiger charge is 2.05. The van der Waals surface area contributed by atoms with Gasteiger partial charge in [-0.15, -0.1) is 10.2 Å². The molecule has 1 aromatic carbocycles. The lowest BCUT2D eigenvalue weighted by atomic mass is 9.99. The number of ether oxygens (including phenoxy) is 1. The molecule has 96 valence electrons. The minimum absolute atomic E-state index is 0.410. The van der Waals surface area contributed by atoms with Crippen molar-refractivity contribution in [2.75, 3.05) is 0 Å². The van der Waals surface area contributed by atoms with Gasteiger partial charge in [-0.2, -0.15) is 0 Å². The first kappa shape index (κ1) is 13.3. The molecule has 0 radical (unpaired) electrons. The van der Waals surface area contributed by atoms with Crippen molar-refractivity contribution in [2.45, 2.75) is 32.8 Å². The molecule has 0 fully saturated rings. The Balaban J connectivity index is 1.94. The van der Waals surface area contributed by atoms with Crippen LogP contribution in [0.1, 0.15) is 36.8 Å². The summed E-state index contributed by atoms with van der Waals surface area (Å²) in [5.74, 6) is 1.43. The topological polar surface area (TPSA) is 35.0 Å². The molecule has 5 heteroatoms. The van der Waals surface area contributed by atoms with E-state index in [1.54, 1.807) is 0 Å². The third kappa shape index (κ3) is 3.43. The normalized spacial score (nSPS) is 12.4. The molecule has 2 rings (SSSR count). The van der Waals surface area contributed by atoms with Crippen molar-refractivity contribution < 1.29 is 4.74 Å². The monoisotopic (exact) mass is 282 g/mol. The standard InChI is InChI=1S/C13H15ClN2OS/c1-3-9(2)10-4-6-11(7-5-10)17-8-12-15-16-13(14)18-12/h4-7,9H,3,8H2,1-2H3. The second-order valence-corrected chi connectivity index (χ2v) is 5.76. The molecule has 2 aromatic rings. The van der Waals surface area contributed by atoms with Crippen LogP contribution < -0.4 is 4.74 Å². The van der Waals surface area contributed by atoms with Crippen LogP contribution in [-0.2, 0) is 6.61 Å². The maximum atomic E-state index is 5.70. The summed E-state index contributed by atoms with van der Waals surface area (Å²) in [4.78, 5) is 0. The minimum Gasteiger partial charge on any atom is -0.486 e. The number of aromatic nitrogens is 2. The van der Waals surface area contributed by atoms with Crippen LogP contribution in [0.2, 0.25) is 4.47 Å². The lowest BCUT2D eigenvalue weighted by Crippen LogP contribution is -1.96. The molecule has 3 nitrogen and oxygen atoms in total. The van der Waals surface area contributed by atoms with Gasteiger partial charge in [-0.25, -0.2) is 0 Å². The van der Waals surface area contributed by atoms with Crippen LogP contribution in [0.5, 0.6) is 5.75 Å². The zero-order valence-corrected chi connectivity index (χ0v) is 12.0. The van der Waals surface area contributed by atoms with Crippen LogP contribution in [0, 0.1) is 0 Å². The summed E-state index contributed by atoms with van der Waals surface area (Å²) in [6.45, 7) is 4.82. The predicted molar refractivity (Wildman–Crippen MR) is 74.4 cm³/mol. The second-order valence-electron chi connectivity index (χ2n) is 4.12. The molecular formula is C13H15ClN2OS. The summed E-state index contributed by atoms with van der Waals surface area (Å²) >= 11 is 7.04. The third-order valence-electron chi connectivity index (χ3n) is 2.87. The van der Waals surface area contributed by atoms with Crippen LogP contribution in [0.4, 0.5) is 0 Å². The molecule has 0 spiro atoms. The van der Waals surface area contributed by atoms with E-state index in [1.165, 1.54) is 16.9 Å². The van der Waals surface area contributed by atoms with E-state index in [0.717, 1.165) is 17.2 Å². The van der Waals surface area contributed by atoms with E-state index in [1.807, 2.05) is 12.1 Å². The molecule has 0 bridgehead atoms. The zero-order valence-electron chi connectivity index (χ0n) is 10.4. The molecule has 1 atom stereocenters. The van der Waals surface area contributed by atoms with Crippen LogP contribution in [0.15, 0.2) is 24.3 Å². The molecule has 1 heterocycles.